The van der Waals surface area contributed by atoms with E-state index in [0.29, 0.717) is 0 Å². The molecule has 2 aromatic rings. The van der Waals surface area contributed by atoms with Crippen LogP contribution in [0.2, 0.25) is 0 Å². The van der Waals surface area contributed by atoms with Crippen molar-refractivity contribution in [2.75, 3.05) is 25.4 Å². The molecule has 6 heteroatoms. The Bertz CT molecular complexity index is 757. The maximum atomic E-state index is 11.9. The minimum Gasteiger partial charge on any atom is -0.383 e. The number of nitrogen functional groups attached to an aromatic ring is 1. The number of anilines is 1. The lowest BCUT2D eigenvalue weighted by atomic mass is 10.1. The summed E-state index contributed by atoms with van der Waals surface area (Å²) in [5.41, 5.74) is 13.0. The van der Waals surface area contributed by atoms with E-state index < -0.39 is 0 Å². The fraction of sp³-hybridized carbons (Fsp3) is 0.412. The second-order valence-corrected chi connectivity index (χ2v) is 6.59. The van der Waals surface area contributed by atoms with Gasteiger partial charge in [-0.05, 0) is 48.1 Å². The van der Waals surface area contributed by atoms with E-state index >= 15 is 0 Å². The first-order valence-electron chi connectivity index (χ1n) is 8.02. The Morgan fingerprint density at radius 1 is 1.13 bits per heavy atom. The Balaban J connectivity index is 1.44. The Kier molecular flexibility index (Phi) is 3.43. The maximum absolute atomic E-state index is 11.9. The molecule has 1 unspecified atom stereocenters. The molecule has 4 rings (SSSR count). The van der Waals surface area contributed by atoms with Gasteiger partial charge in [-0.15, -0.1) is 0 Å². The van der Waals surface area contributed by atoms with Crippen LogP contribution in [0.1, 0.15) is 5.56 Å². The van der Waals surface area contributed by atoms with Crippen LogP contribution in [-0.4, -0.2) is 34.1 Å². The van der Waals surface area contributed by atoms with Crippen LogP contribution in [0.4, 0.5) is 5.82 Å². The third-order valence-electron chi connectivity index (χ3n) is 5.17. The Morgan fingerprint density at radius 2 is 1.83 bits per heavy atom. The SMILES string of the molecule is NCC1[C@H]2CN(Cc3ccc(-n4ccc(N)nc4=O)cc3)C[C@@H]12. The molecule has 2 aliphatic rings. The van der Waals surface area contributed by atoms with Crippen LogP contribution in [0.25, 0.3) is 5.69 Å². The lowest BCUT2D eigenvalue weighted by Crippen LogP contribution is -2.25. The van der Waals surface area contributed by atoms with Gasteiger partial charge in [0.2, 0.25) is 0 Å². The summed E-state index contributed by atoms with van der Waals surface area (Å²) in [4.78, 5) is 18.1. The zero-order chi connectivity index (χ0) is 16.0. The van der Waals surface area contributed by atoms with Gasteiger partial charge in [0.25, 0.3) is 0 Å². The summed E-state index contributed by atoms with van der Waals surface area (Å²) in [6.45, 7) is 4.12. The van der Waals surface area contributed by atoms with Crippen LogP contribution in [-0.2, 0) is 6.54 Å². The summed E-state index contributed by atoms with van der Waals surface area (Å²) >= 11 is 0. The highest BCUT2D eigenvalue weighted by Gasteiger charge is 2.54. The van der Waals surface area contributed by atoms with Crippen LogP contribution in [0.3, 0.4) is 0 Å². The number of fused-ring (bicyclic) bond motifs is 1. The molecule has 1 aromatic heterocycles. The predicted molar refractivity (Wildman–Crippen MR) is 89.0 cm³/mol. The van der Waals surface area contributed by atoms with E-state index in [9.17, 15) is 4.79 Å². The molecule has 3 atom stereocenters. The van der Waals surface area contributed by atoms with Crippen molar-refractivity contribution < 1.29 is 0 Å². The molecule has 0 radical (unpaired) electrons. The molecule has 2 heterocycles. The minimum atomic E-state index is -0.356. The van der Waals surface area contributed by atoms with E-state index in [4.69, 9.17) is 11.5 Å². The summed E-state index contributed by atoms with van der Waals surface area (Å²) in [5, 5.41) is 0. The van der Waals surface area contributed by atoms with Crippen molar-refractivity contribution >= 4 is 5.82 Å². The summed E-state index contributed by atoms with van der Waals surface area (Å²) < 4.78 is 1.50. The highest BCUT2D eigenvalue weighted by atomic mass is 16.1. The molecule has 1 aliphatic carbocycles. The monoisotopic (exact) mass is 311 g/mol. The lowest BCUT2D eigenvalue weighted by Gasteiger charge is -2.19. The van der Waals surface area contributed by atoms with E-state index in [-0.39, 0.29) is 11.5 Å². The van der Waals surface area contributed by atoms with Gasteiger partial charge in [-0.2, -0.15) is 4.98 Å². The summed E-state index contributed by atoms with van der Waals surface area (Å²) in [7, 11) is 0. The number of piperidine rings is 1. The summed E-state index contributed by atoms with van der Waals surface area (Å²) in [6.07, 6.45) is 1.65. The van der Waals surface area contributed by atoms with Crippen molar-refractivity contribution in [2.45, 2.75) is 6.54 Å². The number of hydrogen-bond acceptors (Lipinski definition) is 5. The molecule has 6 nitrogen and oxygen atoms in total. The molecule has 1 aromatic carbocycles. The molecule has 23 heavy (non-hydrogen) atoms. The van der Waals surface area contributed by atoms with E-state index in [0.717, 1.165) is 49.6 Å². The normalized spacial score (nSPS) is 26.2. The number of nitrogens with two attached hydrogens (primary N) is 2. The van der Waals surface area contributed by atoms with Crippen LogP contribution in [0, 0.1) is 17.8 Å². The van der Waals surface area contributed by atoms with Gasteiger partial charge in [-0.25, -0.2) is 4.79 Å². The van der Waals surface area contributed by atoms with Crippen LogP contribution >= 0.6 is 0 Å². The van der Waals surface area contributed by atoms with Crippen molar-refractivity contribution in [3.63, 3.8) is 0 Å². The molecular weight excluding hydrogens is 290 g/mol. The first-order chi connectivity index (χ1) is 11.2. The van der Waals surface area contributed by atoms with Crippen molar-refractivity contribution in [1.82, 2.24) is 14.5 Å². The average molecular weight is 311 g/mol. The standard InChI is InChI=1S/C17H21N5O/c18-7-13-14-9-21(10-15(13)14)8-11-1-3-12(4-2-11)22-6-5-16(19)20-17(22)23/h1-6,13-15H,7-10,18H2,(H2,19,20,23)/t13?,14-,15+. The molecule has 0 amide bonds. The van der Waals surface area contributed by atoms with Gasteiger partial charge in [0.15, 0.2) is 0 Å². The van der Waals surface area contributed by atoms with E-state index in [1.807, 2.05) is 12.1 Å². The Morgan fingerprint density at radius 3 is 2.43 bits per heavy atom. The minimum absolute atomic E-state index is 0.242. The summed E-state index contributed by atoms with van der Waals surface area (Å²) in [6, 6.07) is 9.67. The van der Waals surface area contributed by atoms with Gasteiger partial charge in [0.1, 0.15) is 5.82 Å². The fourth-order valence-corrected chi connectivity index (χ4v) is 3.85. The molecule has 120 valence electrons. The van der Waals surface area contributed by atoms with Gasteiger partial charge in [0, 0.05) is 25.8 Å². The molecule has 0 bridgehead atoms. The molecule has 1 saturated carbocycles. The van der Waals surface area contributed by atoms with Crippen LogP contribution in [0.15, 0.2) is 41.3 Å². The van der Waals surface area contributed by atoms with E-state index in [1.54, 1.807) is 12.3 Å². The van der Waals surface area contributed by atoms with E-state index in [2.05, 4.69) is 22.0 Å². The third-order valence-corrected chi connectivity index (χ3v) is 5.17. The molecule has 4 N–H and O–H groups in total. The quantitative estimate of drug-likeness (QED) is 0.856. The van der Waals surface area contributed by atoms with Gasteiger partial charge in [-0.3, -0.25) is 9.47 Å². The van der Waals surface area contributed by atoms with Crippen molar-refractivity contribution in [3.05, 3.63) is 52.6 Å². The van der Waals surface area contributed by atoms with Gasteiger partial charge < -0.3 is 11.5 Å². The fourth-order valence-electron chi connectivity index (χ4n) is 3.85. The molecule has 1 aliphatic heterocycles. The zero-order valence-electron chi connectivity index (χ0n) is 12.9. The maximum Gasteiger partial charge on any atom is 0.354 e. The van der Waals surface area contributed by atoms with Crippen molar-refractivity contribution in [1.29, 1.82) is 0 Å². The average Bonchev–Trinajstić information content (AvgIpc) is 3.02. The Hall–Kier alpha value is -2.18. The summed E-state index contributed by atoms with van der Waals surface area (Å²) in [5.74, 6) is 2.64. The van der Waals surface area contributed by atoms with Crippen molar-refractivity contribution in [3.8, 4) is 5.69 Å². The van der Waals surface area contributed by atoms with Gasteiger partial charge in [0.05, 0.1) is 5.69 Å². The van der Waals surface area contributed by atoms with Crippen molar-refractivity contribution in [2.24, 2.45) is 23.5 Å². The molecular formula is C17H21N5O. The number of nitrogens with zero attached hydrogens (tertiary/aromatic N) is 3. The van der Waals surface area contributed by atoms with Crippen LogP contribution < -0.4 is 17.2 Å². The zero-order valence-corrected chi connectivity index (χ0v) is 12.9. The molecule has 2 fully saturated rings. The predicted octanol–water partition coefficient (Wildman–Crippen LogP) is 0.451. The highest BCUT2D eigenvalue weighted by molar-refractivity contribution is 5.36. The first-order valence-corrected chi connectivity index (χ1v) is 8.02. The van der Waals surface area contributed by atoms with Gasteiger partial charge >= 0.3 is 5.69 Å². The highest BCUT2D eigenvalue weighted by Crippen LogP contribution is 2.51. The third kappa shape index (κ3) is 2.64. The molecule has 1 saturated heterocycles. The smallest absolute Gasteiger partial charge is 0.354 e. The number of hydrogen-bond donors (Lipinski definition) is 2. The van der Waals surface area contributed by atoms with Crippen LogP contribution in [0.5, 0.6) is 0 Å². The lowest BCUT2D eigenvalue weighted by molar-refractivity contribution is 0.279. The largest absolute Gasteiger partial charge is 0.383 e. The number of benzene rings is 1. The number of rotatable bonds is 4. The second-order valence-electron chi connectivity index (χ2n) is 6.59. The topological polar surface area (TPSA) is 90.2 Å². The number of aromatic nitrogens is 2. The number of likely N-dealkylation sites (tertiary alicyclic amines) is 1. The Labute approximate surface area is 134 Å². The first kappa shape index (κ1) is 14.4. The molecule has 0 spiro atoms. The van der Waals surface area contributed by atoms with E-state index in [1.165, 1.54) is 10.1 Å². The second kappa shape index (κ2) is 5.47. The van der Waals surface area contributed by atoms with Gasteiger partial charge in [-0.1, -0.05) is 12.1 Å².